The molecule has 0 heterocycles. The Morgan fingerprint density at radius 3 is 2.65 bits per heavy atom. The Kier molecular flexibility index (Phi) is 5.88. The molecule has 1 aliphatic carbocycles. The number of hydrogen-bond acceptors (Lipinski definition) is 4. The standard InChI is InChI=1S/C12H24N2O3/c1-17-8-10(15)7-14-11(16)12(9-13)5-3-2-4-6-12/h10,15H,2-9,13H2,1H3,(H,14,16). The van der Waals surface area contributed by atoms with E-state index < -0.39 is 11.5 Å². The zero-order valence-corrected chi connectivity index (χ0v) is 10.6. The summed E-state index contributed by atoms with van der Waals surface area (Å²) in [5.74, 6) is -0.0187. The lowest BCUT2D eigenvalue weighted by Gasteiger charge is -2.34. The summed E-state index contributed by atoms with van der Waals surface area (Å²) in [7, 11) is 1.52. The van der Waals surface area contributed by atoms with Gasteiger partial charge >= 0.3 is 0 Å². The number of nitrogens with two attached hydrogens (primary N) is 1. The van der Waals surface area contributed by atoms with E-state index in [1.165, 1.54) is 13.5 Å². The third-order valence-electron chi connectivity index (χ3n) is 3.54. The molecule has 1 saturated carbocycles. The monoisotopic (exact) mass is 244 g/mol. The van der Waals surface area contributed by atoms with Gasteiger partial charge in [0.2, 0.25) is 5.91 Å². The highest BCUT2D eigenvalue weighted by Crippen LogP contribution is 2.35. The minimum absolute atomic E-state index is 0.0187. The molecule has 0 radical (unpaired) electrons. The van der Waals surface area contributed by atoms with Crippen LogP contribution in [0.2, 0.25) is 0 Å². The average Bonchev–Trinajstić information content (AvgIpc) is 2.37. The van der Waals surface area contributed by atoms with E-state index in [0.717, 1.165) is 25.7 Å². The summed E-state index contributed by atoms with van der Waals surface area (Å²) in [4.78, 5) is 12.1. The molecule has 1 amide bonds. The molecule has 1 fully saturated rings. The summed E-state index contributed by atoms with van der Waals surface area (Å²) in [6.45, 7) is 0.851. The van der Waals surface area contributed by atoms with E-state index in [1.54, 1.807) is 0 Å². The summed E-state index contributed by atoms with van der Waals surface area (Å²) in [6, 6.07) is 0. The van der Waals surface area contributed by atoms with Crippen LogP contribution in [0.1, 0.15) is 32.1 Å². The fourth-order valence-corrected chi connectivity index (χ4v) is 2.40. The van der Waals surface area contributed by atoms with E-state index in [2.05, 4.69) is 5.32 Å². The van der Waals surface area contributed by atoms with Crippen molar-refractivity contribution in [3.63, 3.8) is 0 Å². The number of aliphatic hydroxyl groups excluding tert-OH is 1. The van der Waals surface area contributed by atoms with E-state index in [-0.39, 0.29) is 19.1 Å². The third-order valence-corrected chi connectivity index (χ3v) is 3.54. The molecule has 4 N–H and O–H groups in total. The summed E-state index contributed by atoms with van der Waals surface area (Å²) in [6.07, 6.45) is 4.37. The van der Waals surface area contributed by atoms with E-state index in [9.17, 15) is 9.90 Å². The van der Waals surface area contributed by atoms with Crippen LogP contribution in [-0.4, -0.2) is 43.9 Å². The molecular weight excluding hydrogens is 220 g/mol. The first-order valence-electron chi connectivity index (χ1n) is 6.30. The van der Waals surface area contributed by atoms with Gasteiger partial charge in [-0.05, 0) is 12.8 Å². The molecule has 0 aromatic heterocycles. The molecule has 0 aromatic rings. The van der Waals surface area contributed by atoms with Crippen molar-refractivity contribution in [3.05, 3.63) is 0 Å². The minimum atomic E-state index is -0.651. The summed E-state index contributed by atoms with van der Waals surface area (Å²) < 4.78 is 4.81. The van der Waals surface area contributed by atoms with E-state index in [1.807, 2.05) is 0 Å². The SMILES string of the molecule is COCC(O)CNC(=O)C1(CN)CCCCC1. The molecule has 0 saturated heterocycles. The number of aliphatic hydroxyl groups is 1. The molecule has 5 heteroatoms. The largest absolute Gasteiger partial charge is 0.389 e. The normalized spacial score (nSPS) is 20.9. The number of methoxy groups -OCH3 is 1. The van der Waals surface area contributed by atoms with Crippen molar-refractivity contribution in [2.24, 2.45) is 11.1 Å². The van der Waals surface area contributed by atoms with Gasteiger partial charge in [0.15, 0.2) is 0 Å². The van der Waals surface area contributed by atoms with Crippen LogP contribution in [0.4, 0.5) is 0 Å². The van der Waals surface area contributed by atoms with Gasteiger partial charge in [-0.2, -0.15) is 0 Å². The van der Waals surface area contributed by atoms with E-state index in [4.69, 9.17) is 10.5 Å². The minimum Gasteiger partial charge on any atom is -0.389 e. The molecule has 1 aliphatic rings. The Morgan fingerprint density at radius 1 is 1.47 bits per heavy atom. The van der Waals surface area contributed by atoms with Crippen molar-refractivity contribution >= 4 is 5.91 Å². The van der Waals surface area contributed by atoms with Crippen LogP contribution in [0.5, 0.6) is 0 Å². The average molecular weight is 244 g/mol. The Hall–Kier alpha value is -0.650. The zero-order valence-electron chi connectivity index (χ0n) is 10.6. The number of ether oxygens (including phenoxy) is 1. The molecule has 0 aliphatic heterocycles. The number of carbonyl (C=O) groups excluding carboxylic acids is 1. The predicted octanol–water partition coefficient (Wildman–Crippen LogP) is 0.0191. The van der Waals surface area contributed by atoms with Crippen LogP contribution >= 0.6 is 0 Å². The third kappa shape index (κ3) is 3.94. The maximum absolute atomic E-state index is 12.1. The van der Waals surface area contributed by atoms with Gasteiger partial charge in [-0.25, -0.2) is 0 Å². The molecule has 0 aromatic carbocycles. The lowest BCUT2D eigenvalue weighted by molar-refractivity contribution is -0.133. The first kappa shape index (κ1) is 14.4. The fourth-order valence-electron chi connectivity index (χ4n) is 2.40. The van der Waals surface area contributed by atoms with Gasteiger partial charge in [0, 0.05) is 20.2 Å². The summed E-state index contributed by atoms with van der Waals surface area (Å²) >= 11 is 0. The van der Waals surface area contributed by atoms with Gasteiger partial charge < -0.3 is 20.9 Å². The molecule has 0 spiro atoms. The molecule has 0 bridgehead atoms. The van der Waals surface area contributed by atoms with Gasteiger partial charge in [-0.3, -0.25) is 4.79 Å². The second-order valence-electron chi connectivity index (χ2n) is 4.86. The molecule has 1 rings (SSSR count). The number of rotatable bonds is 6. The number of hydrogen-bond donors (Lipinski definition) is 3. The van der Waals surface area contributed by atoms with E-state index >= 15 is 0 Å². The molecular formula is C12H24N2O3. The smallest absolute Gasteiger partial charge is 0.227 e. The second kappa shape index (κ2) is 6.93. The lowest BCUT2D eigenvalue weighted by atomic mass is 9.73. The second-order valence-corrected chi connectivity index (χ2v) is 4.86. The lowest BCUT2D eigenvalue weighted by Crippen LogP contribution is -2.49. The van der Waals surface area contributed by atoms with Crippen LogP contribution in [0, 0.1) is 5.41 Å². The number of carbonyl (C=O) groups is 1. The Balaban J connectivity index is 2.43. The van der Waals surface area contributed by atoms with Gasteiger partial charge in [0.05, 0.1) is 18.1 Å². The predicted molar refractivity (Wildman–Crippen MR) is 65.5 cm³/mol. The van der Waals surface area contributed by atoms with Gasteiger partial charge in [0.1, 0.15) is 0 Å². The summed E-state index contributed by atoms with van der Waals surface area (Å²) in [5, 5.41) is 12.3. The van der Waals surface area contributed by atoms with Crippen LogP contribution in [0.25, 0.3) is 0 Å². The molecule has 1 atom stereocenters. The molecule has 1 unspecified atom stereocenters. The highest BCUT2D eigenvalue weighted by atomic mass is 16.5. The van der Waals surface area contributed by atoms with Crippen molar-refractivity contribution in [3.8, 4) is 0 Å². The molecule has 5 nitrogen and oxygen atoms in total. The highest BCUT2D eigenvalue weighted by Gasteiger charge is 2.37. The van der Waals surface area contributed by atoms with Crippen molar-refractivity contribution in [2.75, 3.05) is 26.8 Å². The Bertz CT molecular complexity index is 240. The Labute approximate surface area is 103 Å². The number of amides is 1. The van der Waals surface area contributed by atoms with Crippen LogP contribution in [0.15, 0.2) is 0 Å². The van der Waals surface area contributed by atoms with Gasteiger partial charge in [-0.15, -0.1) is 0 Å². The Morgan fingerprint density at radius 2 is 2.12 bits per heavy atom. The van der Waals surface area contributed by atoms with E-state index in [0.29, 0.717) is 6.54 Å². The number of nitrogens with one attached hydrogen (secondary N) is 1. The molecule has 17 heavy (non-hydrogen) atoms. The van der Waals surface area contributed by atoms with Crippen molar-refractivity contribution < 1.29 is 14.6 Å². The van der Waals surface area contributed by atoms with Crippen LogP contribution in [-0.2, 0) is 9.53 Å². The molecule has 100 valence electrons. The van der Waals surface area contributed by atoms with Gasteiger partial charge in [0.25, 0.3) is 0 Å². The maximum Gasteiger partial charge on any atom is 0.227 e. The topological polar surface area (TPSA) is 84.6 Å². The quantitative estimate of drug-likeness (QED) is 0.615. The highest BCUT2D eigenvalue weighted by molar-refractivity contribution is 5.83. The van der Waals surface area contributed by atoms with Crippen LogP contribution in [0.3, 0.4) is 0 Å². The zero-order chi connectivity index (χ0) is 12.7. The van der Waals surface area contributed by atoms with Crippen molar-refractivity contribution in [1.29, 1.82) is 0 Å². The van der Waals surface area contributed by atoms with Crippen LogP contribution < -0.4 is 11.1 Å². The first-order chi connectivity index (χ1) is 8.14. The van der Waals surface area contributed by atoms with Crippen molar-refractivity contribution in [2.45, 2.75) is 38.2 Å². The van der Waals surface area contributed by atoms with Gasteiger partial charge in [-0.1, -0.05) is 19.3 Å². The fraction of sp³-hybridized carbons (Fsp3) is 0.917. The maximum atomic E-state index is 12.1. The first-order valence-corrected chi connectivity index (χ1v) is 6.30. The van der Waals surface area contributed by atoms with Crippen molar-refractivity contribution in [1.82, 2.24) is 5.32 Å². The summed E-state index contributed by atoms with van der Waals surface area (Å²) in [5.41, 5.74) is 5.34.